The second-order valence-electron chi connectivity index (χ2n) is 4.25. The highest BCUT2D eigenvalue weighted by Gasteiger charge is 2.20. The van der Waals surface area contributed by atoms with E-state index < -0.39 is 4.92 Å². The van der Waals surface area contributed by atoms with Gasteiger partial charge in [-0.05, 0) is 18.2 Å². The molecule has 0 aliphatic rings. The number of benzene rings is 2. The first kappa shape index (κ1) is 12.8. The molecule has 20 heavy (non-hydrogen) atoms. The van der Waals surface area contributed by atoms with Gasteiger partial charge in [0.1, 0.15) is 11.2 Å². The number of hydrogen-bond donors (Lipinski definition) is 0. The molecule has 0 saturated heterocycles. The summed E-state index contributed by atoms with van der Waals surface area (Å²) >= 11 is 3.21. The van der Waals surface area contributed by atoms with Crippen molar-refractivity contribution in [2.45, 2.75) is 5.33 Å². The summed E-state index contributed by atoms with van der Waals surface area (Å²) in [6.45, 7) is 0. The standard InChI is InChI=1S/C14H8BrNO4/c15-7-9-10(16(18)19)5-6-12-13(9)14(17)8-3-1-2-4-11(8)20-12/h1-6H,7H2. The van der Waals surface area contributed by atoms with E-state index in [1.807, 2.05) is 0 Å². The van der Waals surface area contributed by atoms with Crippen LogP contribution in [0.4, 0.5) is 5.69 Å². The Kier molecular flexibility index (Phi) is 3.02. The van der Waals surface area contributed by atoms with Crippen LogP contribution < -0.4 is 5.43 Å². The summed E-state index contributed by atoms with van der Waals surface area (Å²) in [5, 5.41) is 11.9. The molecule has 0 amide bonds. The zero-order chi connectivity index (χ0) is 14.3. The third-order valence-corrected chi connectivity index (χ3v) is 3.72. The molecule has 2 aromatic carbocycles. The van der Waals surface area contributed by atoms with Gasteiger partial charge in [-0.1, -0.05) is 28.1 Å². The van der Waals surface area contributed by atoms with Crippen LogP contribution in [0.3, 0.4) is 0 Å². The molecule has 0 spiro atoms. The van der Waals surface area contributed by atoms with Crippen LogP contribution in [0.15, 0.2) is 45.6 Å². The number of halogens is 1. The van der Waals surface area contributed by atoms with Crippen molar-refractivity contribution in [2.75, 3.05) is 0 Å². The van der Waals surface area contributed by atoms with Gasteiger partial charge in [-0.15, -0.1) is 0 Å². The Morgan fingerprint density at radius 3 is 2.60 bits per heavy atom. The summed E-state index contributed by atoms with van der Waals surface area (Å²) < 4.78 is 5.66. The lowest BCUT2D eigenvalue weighted by Gasteiger charge is -2.05. The van der Waals surface area contributed by atoms with Crippen molar-refractivity contribution in [1.82, 2.24) is 0 Å². The lowest BCUT2D eigenvalue weighted by Crippen LogP contribution is -2.06. The van der Waals surface area contributed by atoms with Gasteiger partial charge in [0.2, 0.25) is 5.43 Å². The normalized spacial score (nSPS) is 11.1. The Hall–Kier alpha value is -2.21. The van der Waals surface area contributed by atoms with Crippen molar-refractivity contribution in [2.24, 2.45) is 0 Å². The van der Waals surface area contributed by atoms with Crippen LogP contribution >= 0.6 is 15.9 Å². The Bertz CT molecular complexity index is 901. The van der Waals surface area contributed by atoms with E-state index >= 15 is 0 Å². The highest BCUT2D eigenvalue weighted by atomic mass is 79.9. The number of para-hydroxylation sites is 1. The zero-order valence-corrected chi connectivity index (χ0v) is 11.7. The molecule has 0 fully saturated rings. The molecule has 0 aliphatic carbocycles. The maximum absolute atomic E-state index is 12.5. The van der Waals surface area contributed by atoms with Gasteiger partial charge in [0, 0.05) is 11.4 Å². The number of fused-ring (bicyclic) bond motifs is 2. The third kappa shape index (κ3) is 1.80. The summed E-state index contributed by atoms with van der Waals surface area (Å²) in [6.07, 6.45) is 0. The molecule has 1 heterocycles. The molecule has 0 unspecified atom stereocenters. The maximum atomic E-state index is 12.5. The van der Waals surface area contributed by atoms with E-state index in [0.29, 0.717) is 22.1 Å². The molecule has 0 atom stereocenters. The van der Waals surface area contributed by atoms with Crippen LogP contribution in [0.1, 0.15) is 5.56 Å². The van der Waals surface area contributed by atoms with E-state index in [1.165, 1.54) is 12.1 Å². The topological polar surface area (TPSA) is 73.3 Å². The SMILES string of the molecule is O=c1c2ccccc2oc2ccc([N+](=O)[O-])c(CBr)c12. The van der Waals surface area contributed by atoms with Crippen molar-refractivity contribution >= 4 is 43.6 Å². The minimum absolute atomic E-state index is 0.0862. The lowest BCUT2D eigenvalue weighted by atomic mass is 10.1. The molecule has 6 heteroatoms. The number of hydrogen-bond acceptors (Lipinski definition) is 4. The van der Waals surface area contributed by atoms with Gasteiger partial charge in [0.25, 0.3) is 5.69 Å². The van der Waals surface area contributed by atoms with Gasteiger partial charge in [0.05, 0.1) is 21.3 Å². The second kappa shape index (κ2) is 4.72. The molecule has 100 valence electrons. The second-order valence-corrected chi connectivity index (χ2v) is 4.82. The predicted molar refractivity (Wildman–Crippen MR) is 79.3 cm³/mol. The zero-order valence-electron chi connectivity index (χ0n) is 10.1. The van der Waals surface area contributed by atoms with Crippen molar-refractivity contribution in [3.63, 3.8) is 0 Å². The quantitative estimate of drug-likeness (QED) is 0.310. The molecule has 0 saturated carbocycles. The first-order valence-electron chi connectivity index (χ1n) is 5.81. The largest absolute Gasteiger partial charge is 0.456 e. The fourth-order valence-corrected chi connectivity index (χ4v) is 2.82. The summed E-state index contributed by atoms with van der Waals surface area (Å²) in [6, 6.07) is 9.68. The number of nitro benzene ring substituents is 1. The van der Waals surface area contributed by atoms with E-state index in [9.17, 15) is 14.9 Å². The van der Waals surface area contributed by atoms with Gasteiger partial charge in [-0.25, -0.2) is 0 Å². The molecule has 0 bridgehead atoms. The van der Waals surface area contributed by atoms with Crippen LogP contribution in [0.25, 0.3) is 21.9 Å². The van der Waals surface area contributed by atoms with E-state index in [0.717, 1.165) is 0 Å². The lowest BCUT2D eigenvalue weighted by molar-refractivity contribution is -0.385. The highest BCUT2D eigenvalue weighted by Crippen LogP contribution is 2.29. The minimum Gasteiger partial charge on any atom is -0.456 e. The Balaban J connectivity index is 2.57. The minimum atomic E-state index is -0.495. The third-order valence-electron chi connectivity index (χ3n) is 3.16. The molecule has 1 aromatic heterocycles. The Labute approximate surface area is 121 Å². The molecule has 3 aromatic rings. The van der Waals surface area contributed by atoms with Crippen LogP contribution in [0.2, 0.25) is 0 Å². The first-order valence-corrected chi connectivity index (χ1v) is 6.93. The van der Waals surface area contributed by atoms with Gasteiger partial charge in [0.15, 0.2) is 0 Å². The number of nitrogens with zero attached hydrogens (tertiary/aromatic N) is 1. The van der Waals surface area contributed by atoms with Gasteiger partial charge in [-0.3, -0.25) is 14.9 Å². The average Bonchev–Trinajstić information content (AvgIpc) is 2.46. The Morgan fingerprint density at radius 1 is 1.15 bits per heavy atom. The fraction of sp³-hybridized carbons (Fsp3) is 0.0714. The maximum Gasteiger partial charge on any atom is 0.274 e. The van der Waals surface area contributed by atoms with Crippen LogP contribution in [0.5, 0.6) is 0 Å². The molecule has 3 rings (SSSR count). The summed E-state index contributed by atoms with van der Waals surface area (Å²) in [4.78, 5) is 23.1. The van der Waals surface area contributed by atoms with Gasteiger partial charge >= 0.3 is 0 Å². The molecular weight excluding hydrogens is 326 g/mol. The van der Waals surface area contributed by atoms with E-state index in [-0.39, 0.29) is 21.8 Å². The molecular formula is C14H8BrNO4. The monoisotopic (exact) mass is 333 g/mol. The van der Waals surface area contributed by atoms with Crippen molar-refractivity contribution < 1.29 is 9.34 Å². The molecule has 5 nitrogen and oxygen atoms in total. The van der Waals surface area contributed by atoms with Crippen molar-refractivity contribution in [3.05, 3.63) is 62.3 Å². The molecule has 0 N–H and O–H groups in total. The van der Waals surface area contributed by atoms with Gasteiger partial charge < -0.3 is 4.42 Å². The molecule has 0 radical (unpaired) electrons. The predicted octanol–water partition coefficient (Wildman–Crippen LogP) is 3.75. The van der Waals surface area contributed by atoms with E-state index in [1.54, 1.807) is 24.3 Å². The van der Waals surface area contributed by atoms with Crippen LogP contribution in [-0.2, 0) is 5.33 Å². The fourth-order valence-electron chi connectivity index (χ4n) is 2.25. The van der Waals surface area contributed by atoms with Crippen molar-refractivity contribution in [1.29, 1.82) is 0 Å². The highest BCUT2D eigenvalue weighted by molar-refractivity contribution is 9.08. The summed E-state index contributed by atoms with van der Waals surface area (Å²) in [5.74, 6) is 0. The Morgan fingerprint density at radius 2 is 1.90 bits per heavy atom. The number of alkyl halides is 1. The smallest absolute Gasteiger partial charge is 0.274 e. The number of nitro groups is 1. The van der Waals surface area contributed by atoms with Crippen LogP contribution in [0, 0.1) is 10.1 Å². The molecule has 0 aliphatic heterocycles. The van der Waals surface area contributed by atoms with Crippen molar-refractivity contribution in [3.8, 4) is 0 Å². The summed E-state index contributed by atoms with van der Waals surface area (Å²) in [5.41, 5.74) is 0.831. The van der Waals surface area contributed by atoms with E-state index in [2.05, 4.69) is 15.9 Å². The van der Waals surface area contributed by atoms with Crippen LogP contribution in [-0.4, -0.2) is 4.92 Å². The number of rotatable bonds is 2. The first-order chi connectivity index (χ1) is 9.63. The summed E-state index contributed by atoms with van der Waals surface area (Å²) in [7, 11) is 0. The average molecular weight is 334 g/mol. The van der Waals surface area contributed by atoms with E-state index in [4.69, 9.17) is 4.42 Å². The van der Waals surface area contributed by atoms with Gasteiger partial charge in [-0.2, -0.15) is 0 Å².